The summed E-state index contributed by atoms with van der Waals surface area (Å²) in [6.45, 7) is 5.40. The number of benzene rings is 1. The zero-order valence-corrected chi connectivity index (χ0v) is 20.5. The second-order valence-electron chi connectivity index (χ2n) is 8.10. The molecule has 0 aliphatic carbocycles. The fraction of sp³-hybridized carbons (Fsp3) is 0.600. The van der Waals surface area contributed by atoms with Crippen molar-refractivity contribution < 1.29 is 23.9 Å². The van der Waals surface area contributed by atoms with Gasteiger partial charge in [-0.1, -0.05) is 45.2 Å². The van der Waals surface area contributed by atoms with E-state index in [2.05, 4.69) is 28.2 Å². The Bertz CT molecular complexity index is 752. The molecule has 9 heteroatoms. The molecular formula is C25H40N4O5. The van der Waals surface area contributed by atoms with Gasteiger partial charge in [-0.25, -0.2) is 0 Å². The van der Waals surface area contributed by atoms with Gasteiger partial charge in [0.25, 0.3) is 0 Å². The maximum absolute atomic E-state index is 12.0. The Morgan fingerprint density at radius 2 is 1.26 bits per heavy atom. The van der Waals surface area contributed by atoms with E-state index in [1.54, 1.807) is 12.1 Å². The van der Waals surface area contributed by atoms with E-state index in [1.165, 1.54) is 0 Å². The number of hydrogen-bond donors (Lipinski definition) is 4. The molecule has 9 nitrogen and oxygen atoms in total. The molecule has 0 unspecified atom stereocenters. The largest absolute Gasteiger partial charge is 0.362 e. The molecule has 4 N–H and O–H groups in total. The van der Waals surface area contributed by atoms with E-state index in [9.17, 15) is 19.2 Å². The molecule has 0 atom stereocenters. The van der Waals surface area contributed by atoms with Crippen LogP contribution in [0.25, 0.3) is 0 Å². The van der Waals surface area contributed by atoms with Crippen molar-refractivity contribution in [3.05, 3.63) is 29.8 Å². The van der Waals surface area contributed by atoms with E-state index < -0.39 is 0 Å². The van der Waals surface area contributed by atoms with Gasteiger partial charge in [0.1, 0.15) is 13.2 Å². The molecule has 0 aliphatic rings. The second kappa shape index (κ2) is 18.5. The van der Waals surface area contributed by atoms with Gasteiger partial charge in [-0.15, -0.1) is 0 Å². The Kier molecular flexibility index (Phi) is 15.8. The lowest BCUT2D eigenvalue weighted by atomic mass is 10.1. The number of nitrogens with one attached hydrogen (secondary N) is 4. The lowest BCUT2D eigenvalue weighted by Crippen LogP contribution is -2.31. The van der Waals surface area contributed by atoms with Gasteiger partial charge >= 0.3 is 0 Å². The number of carbonyl (C=O) groups excluding carboxylic acids is 4. The number of rotatable bonds is 18. The lowest BCUT2D eigenvalue weighted by molar-refractivity contribution is -0.129. The zero-order valence-electron chi connectivity index (χ0n) is 20.5. The lowest BCUT2D eigenvalue weighted by Gasteiger charge is -2.08. The molecule has 1 aromatic rings. The van der Waals surface area contributed by atoms with E-state index in [4.69, 9.17) is 4.74 Å². The zero-order chi connectivity index (χ0) is 25.0. The summed E-state index contributed by atoms with van der Waals surface area (Å²) in [6, 6.07) is 7.19. The van der Waals surface area contributed by atoms with E-state index in [0.717, 1.165) is 37.7 Å². The van der Waals surface area contributed by atoms with Gasteiger partial charge in [0.05, 0.1) is 0 Å². The highest BCUT2D eigenvalue weighted by Gasteiger charge is 2.07. The Labute approximate surface area is 202 Å². The second-order valence-corrected chi connectivity index (χ2v) is 8.10. The van der Waals surface area contributed by atoms with Crippen molar-refractivity contribution >= 4 is 29.3 Å². The fourth-order valence-corrected chi connectivity index (χ4v) is 3.00. The molecule has 0 fully saturated rings. The van der Waals surface area contributed by atoms with Crippen LogP contribution in [0.2, 0.25) is 0 Å². The van der Waals surface area contributed by atoms with Gasteiger partial charge in [-0.2, -0.15) is 0 Å². The molecule has 0 heterocycles. The smallest absolute Gasteiger partial charge is 0.250 e. The van der Waals surface area contributed by atoms with Crippen LogP contribution in [0.1, 0.15) is 64.4 Å². The topological polar surface area (TPSA) is 126 Å². The van der Waals surface area contributed by atoms with E-state index in [1.807, 2.05) is 19.1 Å². The van der Waals surface area contributed by atoms with E-state index in [0.29, 0.717) is 38.2 Å². The Hall–Kier alpha value is -2.94. The fourth-order valence-electron chi connectivity index (χ4n) is 3.00. The van der Waals surface area contributed by atoms with Gasteiger partial charge in [-0.05, 0) is 37.0 Å². The number of carbonyl (C=O) groups is 4. The molecule has 0 saturated heterocycles. The maximum Gasteiger partial charge on any atom is 0.250 e. The Balaban J connectivity index is 2.18. The van der Waals surface area contributed by atoms with Crippen molar-refractivity contribution in [2.75, 3.05) is 38.2 Å². The molecular weight excluding hydrogens is 436 g/mol. The number of aryl methyl sites for hydroxylation is 1. The number of unbranched alkanes of at least 4 members (excludes halogenated alkanes) is 3. The SMILES string of the molecule is CCCCCNC(=O)CCNC(=O)CCc1ccc(NC(=O)COCC(=O)NCCCC)cc1. The van der Waals surface area contributed by atoms with Gasteiger partial charge in [-0.3, -0.25) is 19.2 Å². The number of hydrogen-bond acceptors (Lipinski definition) is 5. The van der Waals surface area contributed by atoms with Crippen molar-refractivity contribution in [3.63, 3.8) is 0 Å². The summed E-state index contributed by atoms with van der Waals surface area (Å²) in [5, 5.41) is 11.0. The van der Waals surface area contributed by atoms with E-state index in [-0.39, 0.29) is 43.3 Å². The normalized spacial score (nSPS) is 10.4. The van der Waals surface area contributed by atoms with Crippen LogP contribution in [-0.2, 0) is 30.3 Å². The highest BCUT2D eigenvalue weighted by molar-refractivity contribution is 5.91. The number of amides is 4. The quantitative estimate of drug-likeness (QED) is 0.242. The summed E-state index contributed by atoms with van der Waals surface area (Å²) in [4.78, 5) is 47.2. The van der Waals surface area contributed by atoms with Crippen molar-refractivity contribution in [1.29, 1.82) is 0 Å². The molecule has 0 spiro atoms. The summed E-state index contributed by atoms with van der Waals surface area (Å²) in [5.74, 6) is -0.732. The average molecular weight is 477 g/mol. The van der Waals surface area contributed by atoms with Crippen LogP contribution in [0, 0.1) is 0 Å². The van der Waals surface area contributed by atoms with Crippen LogP contribution >= 0.6 is 0 Å². The maximum atomic E-state index is 12.0. The molecule has 1 aromatic carbocycles. The van der Waals surface area contributed by atoms with Gasteiger partial charge in [0, 0.05) is 38.2 Å². The average Bonchev–Trinajstić information content (AvgIpc) is 2.81. The molecule has 0 aliphatic heterocycles. The highest BCUT2D eigenvalue weighted by atomic mass is 16.5. The Morgan fingerprint density at radius 1 is 0.676 bits per heavy atom. The highest BCUT2D eigenvalue weighted by Crippen LogP contribution is 2.11. The van der Waals surface area contributed by atoms with Crippen molar-refractivity contribution in [2.45, 2.75) is 65.2 Å². The summed E-state index contributed by atoms with van der Waals surface area (Å²) in [6.07, 6.45) is 6.23. The van der Waals surface area contributed by atoms with Gasteiger partial charge in [0.15, 0.2) is 0 Å². The third kappa shape index (κ3) is 15.0. The molecule has 190 valence electrons. The number of anilines is 1. The standard InChI is InChI=1S/C25H40N4O5/c1-3-5-7-16-26-23(31)14-17-28-22(30)13-10-20-8-11-21(12-9-20)29-25(33)19-34-18-24(32)27-15-6-4-2/h8-9,11-12H,3-7,10,13-19H2,1-2H3,(H,26,31)(H,27,32)(H,28,30)(H,29,33). The first-order valence-electron chi connectivity index (χ1n) is 12.2. The summed E-state index contributed by atoms with van der Waals surface area (Å²) < 4.78 is 5.13. The summed E-state index contributed by atoms with van der Waals surface area (Å²) in [7, 11) is 0. The molecule has 0 radical (unpaired) electrons. The number of ether oxygens (including phenoxy) is 1. The van der Waals surface area contributed by atoms with Crippen LogP contribution in [0.4, 0.5) is 5.69 Å². The molecule has 34 heavy (non-hydrogen) atoms. The predicted octanol–water partition coefficient (Wildman–Crippen LogP) is 2.30. The summed E-state index contributed by atoms with van der Waals surface area (Å²) >= 11 is 0. The third-order valence-corrected chi connectivity index (χ3v) is 4.97. The third-order valence-electron chi connectivity index (χ3n) is 4.97. The first-order chi connectivity index (χ1) is 16.4. The van der Waals surface area contributed by atoms with Gasteiger partial charge < -0.3 is 26.0 Å². The van der Waals surface area contributed by atoms with Crippen molar-refractivity contribution in [3.8, 4) is 0 Å². The molecule has 4 amide bonds. The van der Waals surface area contributed by atoms with Crippen LogP contribution < -0.4 is 21.3 Å². The van der Waals surface area contributed by atoms with E-state index >= 15 is 0 Å². The van der Waals surface area contributed by atoms with Crippen LogP contribution in [0.3, 0.4) is 0 Å². The van der Waals surface area contributed by atoms with Crippen LogP contribution in [0.5, 0.6) is 0 Å². The van der Waals surface area contributed by atoms with Crippen LogP contribution in [0.15, 0.2) is 24.3 Å². The van der Waals surface area contributed by atoms with Gasteiger partial charge in [0.2, 0.25) is 23.6 Å². The predicted molar refractivity (Wildman–Crippen MR) is 132 cm³/mol. The molecule has 1 rings (SSSR count). The van der Waals surface area contributed by atoms with Crippen molar-refractivity contribution in [2.24, 2.45) is 0 Å². The van der Waals surface area contributed by atoms with Crippen molar-refractivity contribution in [1.82, 2.24) is 16.0 Å². The molecule has 0 aromatic heterocycles. The minimum Gasteiger partial charge on any atom is -0.362 e. The summed E-state index contributed by atoms with van der Waals surface area (Å²) in [5.41, 5.74) is 1.57. The monoisotopic (exact) mass is 476 g/mol. The first kappa shape index (κ1) is 29.1. The molecule has 0 saturated carbocycles. The molecule has 0 bridgehead atoms. The minimum atomic E-state index is -0.345. The minimum absolute atomic E-state index is 0.0466. The first-order valence-corrected chi connectivity index (χ1v) is 12.2. The van der Waals surface area contributed by atoms with Crippen LogP contribution in [-0.4, -0.2) is 56.5 Å². The Morgan fingerprint density at radius 3 is 1.97 bits per heavy atom.